The lowest BCUT2D eigenvalue weighted by Crippen LogP contribution is -2.29. The van der Waals surface area contributed by atoms with E-state index in [1.807, 2.05) is 18.2 Å². The van der Waals surface area contributed by atoms with E-state index in [4.69, 9.17) is 27.6 Å². The Bertz CT molecular complexity index is 1040. The van der Waals surface area contributed by atoms with Crippen LogP contribution in [0.3, 0.4) is 0 Å². The van der Waals surface area contributed by atoms with Gasteiger partial charge in [0.05, 0.1) is 31.7 Å². The number of hydrogen-bond acceptors (Lipinski definition) is 5. The summed E-state index contributed by atoms with van der Waals surface area (Å²) in [5.41, 5.74) is 0.686. The zero-order chi connectivity index (χ0) is 17.4. The summed E-state index contributed by atoms with van der Waals surface area (Å²) in [5, 5.41) is 1.12. The molecule has 3 aromatic heterocycles. The van der Waals surface area contributed by atoms with Gasteiger partial charge < -0.3 is 4.42 Å². The molecule has 8 heteroatoms. The molecule has 4 rings (SSSR count). The predicted octanol–water partition coefficient (Wildman–Crippen LogP) is 6.10. The third-order valence-electron chi connectivity index (χ3n) is 3.51. The number of para-hydroxylation sites is 1. The van der Waals surface area contributed by atoms with Gasteiger partial charge in [0.2, 0.25) is 0 Å². The first-order valence-electron chi connectivity index (χ1n) is 7.26. The second-order valence-corrected chi connectivity index (χ2v) is 8.29. The van der Waals surface area contributed by atoms with E-state index in [-0.39, 0.29) is 12.5 Å². The summed E-state index contributed by atoms with van der Waals surface area (Å²) in [4.78, 5) is 19.7. The fourth-order valence-electron chi connectivity index (χ4n) is 2.37. The molecule has 0 aliphatic rings. The number of nitrogens with zero attached hydrogens (tertiary/aromatic N) is 2. The number of aromatic nitrogens is 1. The highest BCUT2D eigenvalue weighted by atomic mass is 35.5. The van der Waals surface area contributed by atoms with Crippen LogP contribution in [0.15, 0.2) is 53.1 Å². The van der Waals surface area contributed by atoms with E-state index in [0.717, 1.165) is 4.70 Å². The Balaban J connectivity index is 1.78. The lowest BCUT2D eigenvalue weighted by atomic mass is 10.3. The smallest absolute Gasteiger partial charge is 0.270 e. The van der Waals surface area contributed by atoms with Crippen LogP contribution in [0.5, 0.6) is 0 Å². The zero-order valence-corrected chi connectivity index (χ0v) is 15.8. The average Bonchev–Trinajstić information content (AvgIpc) is 3.32. The molecular formula is C17H10Cl2N2O2S2. The van der Waals surface area contributed by atoms with Crippen LogP contribution in [0.25, 0.3) is 10.2 Å². The van der Waals surface area contributed by atoms with E-state index in [2.05, 4.69) is 4.98 Å². The first kappa shape index (κ1) is 16.6. The van der Waals surface area contributed by atoms with Crippen molar-refractivity contribution in [2.24, 2.45) is 0 Å². The van der Waals surface area contributed by atoms with Crippen molar-refractivity contribution in [2.45, 2.75) is 6.54 Å². The van der Waals surface area contributed by atoms with Gasteiger partial charge in [-0.2, -0.15) is 0 Å². The number of thiophene rings is 1. The minimum atomic E-state index is -0.177. The van der Waals surface area contributed by atoms with Crippen molar-refractivity contribution in [3.8, 4) is 0 Å². The molecule has 0 unspecified atom stereocenters. The fourth-order valence-corrected chi connectivity index (χ4v) is 4.62. The second-order valence-electron chi connectivity index (χ2n) is 5.16. The molecule has 0 atom stereocenters. The predicted molar refractivity (Wildman–Crippen MR) is 103 cm³/mol. The maximum absolute atomic E-state index is 13.0. The number of anilines is 1. The Morgan fingerprint density at radius 2 is 2.00 bits per heavy atom. The molecule has 4 aromatic rings. The summed E-state index contributed by atoms with van der Waals surface area (Å²) in [6, 6.07) is 12.6. The van der Waals surface area contributed by atoms with Crippen molar-refractivity contribution in [1.29, 1.82) is 0 Å². The molecule has 3 heterocycles. The normalized spacial score (nSPS) is 11.1. The molecule has 0 spiro atoms. The molecule has 1 aromatic carbocycles. The SMILES string of the molecule is O=C(c1ccc(Cl)s1)N(Cc1ccco1)c1nc2c(Cl)cccc2s1. The summed E-state index contributed by atoms with van der Waals surface area (Å²) in [5.74, 6) is 0.491. The van der Waals surface area contributed by atoms with E-state index in [9.17, 15) is 4.79 Å². The number of hydrogen-bond donors (Lipinski definition) is 0. The summed E-state index contributed by atoms with van der Waals surface area (Å²) in [6.45, 7) is 0.277. The number of carbonyl (C=O) groups is 1. The summed E-state index contributed by atoms with van der Waals surface area (Å²) >= 11 is 14.9. The zero-order valence-electron chi connectivity index (χ0n) is 12.6. The van der Waals surface area contributed by atoms with E-state index in [1.54, 1.807) is 35.4 Å². The van der Waals surface area contributed by atoms with Crippen LogP contribution in [-0.4, -0.2) is 10.9 Å². The van der Waals surface area contributed by atoms with Gasteiger partial charge in [0, 0.05) is 0 Å². The molecule has 0 fully saturated rings. The van der Waals surface area contributed by atoms with Gasteiger partial charge in [-0.15, -0.1) is 11.3 Å². The number of halogens is 2. The van der Waals surface area contributed by atoms with Gasteiger partial charge in [-0.1, -0.05) is 40.6 Å². The van der Waals surface area contributed by atoms with Gasteiger partial charge >= 0.3 is 0 Å². The van der Waals surface area contributed by atoms with Crippen molar-refractivity contribution in [3.05, 3.63) is 68.7 Å². The standard InChI is InChI=1S/C17H10Cl2N2O2S2/c18-11-4-1-5-12-15(11)20-17(25-12)21(9-10-3-2-8-23-10)16(22)13-6-7-14(19)24-13/h1-8H,9H2. The highest BCUT2D eigenvalue weighted by molar-refractivity contribution is 7.22. The van der Waals surface area contributed by atoms with Crippen LogP contribution in [0.4, 0.5) is 5.13 Å². The summed E-state index contributed by atoms with van der Waals surface area (Å²) in [7, 11) is 0. The number of benzene rings is 1. The molecule has 0 bridgehead atoms. The molecule has 4 nitrogen and oxygen atoms in total. The van der Waals surface area contributed by atoms with Crippen LogP contribution >= 0.6 is 45.9 Å². The van der Waals surface area contributed by atoms with Crippen LogP contribution in [0, 0.1) is 0 Å². The molecule has 0 aliphatic carbocycles. The second kappa shape index (κ2) is 6.80. The maximum Gasteiger partial charge on any atom is 0.270 e. The van der Waals surface area contributed by atoms with Gasteiger partial charge in [0.1, 0.15) is 11.3 Å². The Morgan fingerprint density at radius 1 is 1.12 bits per heavy atom. The molecule has 1 amide bonds. The van der Waals surface area contributed by atoms with Crippen molar-refractivity contribution >= 4 is 67.1 Å². The minimum absolute atomic E-state index is 0.177. The average molecular weight is 409 g/mol. The Hall–Kier alpha value is -1.86. The lowest BCUT2D eigenvalue weighted by Gasteiger charge is -2.17. The quantitative estimate of drug-likeness (QED) is 0.409. The molecule has 0 saturated heterocycles. The number of amides is 1. The van der Waals surface area contributed by atoms with Gasteiger partial charge in [-0.25, -0.2) is 4.98 Å². The molecule has 0 aliphatic heterocycles. The molecule has 126 valence electrons. The Kier molecular flexibility index (Phi) is 4.52. The minimum Gasteiger partial charge on any atom is -0.467 e. The first-order valence-corrected chi connectivity index (χ1v) is 9.65. The van der Waals surface area contributed by atoms with Crippen LogP contribution in [-0.2, 0) is 6.54 Å². The number of fused-ring (bicyclic) bond motifs is 1. The maximum atomic E-state index is 13.0. The van der Waals surface area contributed by atoms with E-state index >= 15 is 0 Å². The third-order valence-corrected chi connectivity index (χ3v) is 6.08. The molecule has 25 heavy (non-hydrogen) atoms. The van der Waals surface area contributed by atoms with Gasteiger partial charge in [0.15, 0.2) is 5.13 Å². The largest absolute Gasteiger partial charge is 0.467 e. The van der Waals surface area contributed by atoms with Gasteiger partial charge in [0.25, 0.3) is 5.91 Å². The fraction of sp³-hybridized carbons (Fsp3) is 0.0588. The molecule has 0 N–H and O–H groups in total. The van der Waals surface area contributed by atoms with Gasteiger partial charge in [-0.05, 0) is 36.4 Å². The molecule has 0 saturated carbocycles. The van der Waals surface area contributed by atoms with Crippen LogP contribution < -0.4 is 4.90 Å². The monoisotopic (exact) mass is 408 g/mol. The molecular weight excluding hydrogens is 399 g/mol. The van der Waals surface area contributed by atoms with Crippen LogP contribution in [0.1, 0.15) is 15.4 Å². The summed E-state index contributed by atoms with van der Waals surface area (Å²) < 4.78 is 6.89. The lowest BCUT2D eigenvalue weighted by molar-refractivity contribution is 0.0987. The first-order chi connectivity index (χ1) is 12.1. The number of thiazole rings is 1. The number of rotatable bonds is 4. The summed E-state index contributed by atoms with van der Waals surface area (Å²) in [6.07, 6.45) is 1.58. The van der Waals surface area contributed by atoms with E-state index < -0.39 is 0 Å². The van der Waals surface area contributed by atoms with Gasteiger partial charge in [-0.3, -0.25) is 9.69 Å². The topological polar surface area (TPSA) is 46.3 Å². The van der Waals surface area contributed by atoms with Crippen molar-refractivity contribution in [2.75, 3.05) is 4.90 Å². The molecule has 0 radical (unpaired) electrons. The number of carbonyl (C=O) groups excluding carboxylic acids is 1. The Labute approximate surface area is 161 Å². The van der Waals surface area contributed by atoms with Crippen molar-refractivity contribution in [3.63, 3.8) is 0 Å². The van der Waals surface area contributed by atoms with Crippen molar-refractivity contribution < 1.29 is 9.21 Å². The Morgan fingerprint density at radius 3 is 2.68 bits per heavy atom. The van der Waals surface area contributed by atoms with E-state index in [0.29, 0.717) is 30.6 Å². The third kappa shape index (κ3) is 3.30. The van der Waals surface area contributed by atoms with Crippen molar-refractivity contribution in [1.82, 2.24) is 4.98 Å². The highest BCUT2D eigenvalue weighted by Crippen LogP contribution is 2.35. The van der Waals surface area contributed by atoms with Crippen LogP contribution in [0.2, 0.25) is 9.36 Å². The number of furan rings is 1. The highest BCUT2D eigenvalue weighted by Gasteiger charge is 2.24. The van der Waals surface area contributed by atoms with E-state index in [1.165, 1.54) is 22.7 Å².